The summed E-state index contributed by atoms with van der Waals surface area (Å²) in [6, 6.07) is 0. The molecule has 0 spiro atoms. The van der Waals surface area contributed by atoms with Crippen LogP contribution in [0, 0.1) is 5.92 Å². The number of carbonyl (C=O) groups is 1. The molecule has 2 atom stereocenters. The van der Waals surface area contributed by atoms with Crippen molar-refractivity contribution in [2.24, 2.45) is 5.92 Å². The summed E-state index contributed by atoms with van der Waals surface area (Å²) in [7, 11) is 0. The van der Waals surface area contributed by atoms with E-state index in [0.29, 0.717) is 19.7 Å². The molecule has 0 bridgehead atoms. The number of rotatable bonds is 3. The third-order valence-corrected chi connectivity index (χ3v) is 4.34. The summed E-state index contributed by atoms with van der Waals surface area (Å²) >= 11 is 0. The quantitative estimate of drug-likeness (QED) is 0.869. The molecule has 6 heteroatoms. The summed E-state index contributed by atoms with van der Waals surface area (Å²) < 4.78 is 5.78. The van der Waals surface area contributed by atoms with E-state index < -0.39 is 0 Å². The Bertz CT molecular complexity index is 552. The second-order valence-electron chi connectivity index (χ2n) is 6.36. The van der Waals surface area contributed by atoms with E-state index in [1.807, 2.05) is 4.90 Å². The fourth-order valence-corrected chi connectivity index (χ4v) is 2.98. The molecule has 0 aromatic carbocycles. The average Bonchev–Trinajstić information content (AvgIpc) is 3.05. The Morgan fingerprint density at radius 1 is 1.45 bits per heavy atom. The van der Waals surface area contributed by atoms with Gasteiger partial charge in [0.25, 0.3) is 0 Å². The summed E-state index contributed by atoms with van der Waals surface area (Å²) in [5.74, 6) is 2.18. The molecule has 6 nitrogen and oxygen atoms in total. The molecule has 0 radical (unpaired) electrons. The van der Waals surface area contributed by atoms with Crippen LogP contribution in [0.3, 0.4) is 0 Å². The molecule has 1 aliphatic carbocycles. The van der Waals surface area contributed by atoms with Gasteiger partial charge in [-0.2, -0.15) is 5.10 Å². The van der Waals surface area contributed by atoms with Crippen LogP contribution >= 0.6 is 0 Å². The van der Waals surface area contributed by atoms with Gasteiger partial charge in [0, 0.05) is 18.4 Å². The molecule has 22 heavy (non-hydrogen) atoms. The van der Waals surface area contributed by atoms with Crippen molar-refractivity contribution in [3.05, 3.63) is 23.8 Å². The third-order valence-electron chi connectivity index (χ3n) is 4.34. The Balaban J connectivity index is 1.65. The van der Waals surface area contributed by atoms with Crippen molar-refractivity contribution in [1.29, 1.82) is 0 Å². The van der Waals surface area contributed by atoms with Gasteiger partial charge in [0.1, 0.15) is 6.10 Å². The van der Waals surface area contributed by atoms with Gasteiger partial charge in [-0.05, 0) is 19.3 Å². The van der Waals surface area contributed by atoms with Gasteiger partial charge in [0.15, 0.2) is 11.6 Å². The first kappa shape index (κ1) is 15.2. The zero-order valence-corrected chi connectivity index (χ0v) is 13.3. The minimum atomic E-state index is -0.197. The van der Waals surface area contributed by atoms with Crippen molar-refractivity contribution in [1.82, 2.24) is 20.1 Å². The second kappa shape index (κ2) is 6.60. The number of hydrogen-bond donors (Lipinski definition) is 1. The summed E-state index contributed by atoms with van der Waals surface area (Å²) in [5.41, 5.74) is 0. The van der Waals surface area contributed by atoms with Crippen molar-refractivity contribution >= 4 is 5.91 Å². The second-order valence-corrected chi connectivity index (χ2v) is 6.36. The van der Waals surface area contributed by atoms with E-state index in [-0.39, 0.29) is 23.8 Å². The molecule has 1 N–H and O–H groups in total. The number of allylic oxidation sites excluding steroid dienone is 2. The largest absolute Gasteiger partial charge is 0.367 e. The maximum atomic E-state index is 12.6. The van der Waals surface area contributed by atoms with Crippen molar-refractivity contribution < 1.29 is 9.53 Å². The molecule has 3 rings (SSSR count). The lowest BCUT2D eigenvalue weighted by molar-refractivity contribution is -0.143. The standard InChI is InChI=1S/C16H24N4O2/c1-11(2)14-17-15(19-18-14)13-10-20(8-9-22-13)16(21)12-6-4-3-5-7-12/h3-4,11-13H,5-10H2,1-2H3,(H,17,18,19)/t12-,13-/m1/s1. The van der Waals surface area contributed by atoms with Gasteiger partial charge in [0.05, 0.1) is 13.2 Å². The first-order valence-corrected chi connectivity index (χ1v) is 8.12. The molecule has 2 heterocycles. The van der Waals surface area contributed by atoms with Gasteiger partial charge in [-0.1, -0.05) is 26.0 Å². The van der Waals surface area contributed by atoms with Gasteiger partial charge in [-0.15, -0.1) is 0 Å². The molecular weight excluding hydrogens is 280 g/mol. The molecule has 1 amide bonds. The van der Waals surface area contributed by atoms with Crippen LogP contribution in [-0.2, 0) is 9.53 Å². The highest BCUT2D eigenvalue weighted by Gasteiger charge is 2.31. The number of amides is 1. The van der Waals surface area contributed by atoms with E-state index in [9.17, 15) is 4.79 Å². The number of nitrogens with zero attached hydrogens (tertiary/aromatic N) is 3. The molecule has 120 valence electrons. The number of aromatic nitrogens is 3. The van der Waals surface area contributed by atoms with Gasteiger partial charge in [-0.25, -0.2) is 4.98 Å². The number of morpholine rings is 1. The van der Waals surface area contributed by atoms with E-state index >= 15 is 0 Å². The Morgan fingerprint density at radius 2 is 2.32 bits per heavy atom. The molecule has 0 saturated carbocycles. The molecule has 1 saturated heterocycles. The molecule has 0 unspecified atom stereocenters. The van der Waals surface area contributed by atoms with Crippen LogP contribution in [0.15, 0.2) is 12.2 Å². The Kier molecular flexibility index (Phi) is 4.57. The number of carbonyl (C=O) groups excluding carboxylic acids is 1. The van der Waals surface area contributed by atoms with E-state index in [0.717, 1.165) is 30.9 Å². The lowest BCUT2D eigenvalue weighted by Crippen LogP contribution is -2.45. The first-order valence-electron chi connectivity index (χ1n) is 8.12. The predicted octanol–water partition coefficient (Wildman–Crippen LogP) is 2.18. The highest BCUT2D eigenvalue weighted by molar-refractivity contribution is 5.79. The Morgan fingerprint density at radius 3 is 3.00 bits per heavy atom. The SMILES string of the molecule is CC(C)c1n[nH]c([C@H]2CN(C(=O)[C@@H]3CC=CCC3)CCO2)n1. The number of nitrogens with one attached hydrogen (secondary N) is 1. The number of ether oxygens (including phenoxy) is 1. The van der Waals surface area contributed by atoms with Crippen molar-refractivity contribution in [3.63, 3.8) is 0 Å². The van der Waals surface area contributed by atoms with Crippen LogP contribution in [0.5, 0.6) is 0 Å². The van der Waals surface area contributed by atoms with Crippen molar-refractivity contribution in [2.45, 2.75) is 45.1 Å². The monoisotopic (exact) mass is 304 g/mol. The summed E-state index contributed by atoms with van der Waals surface area (Å²) in [5, 5.41) is 7.18. The van der Waals surface area contributed by atoms with Crippen molar-refractivity contribution in [3.8, 4) is 0 Å². The van der Waals surface area contributed by atoms with Gasteiger partial charge >= 0.3 is 0 Å². The molecule has 1 aromatic heterocycles. The highest BCUT2D eigenvalue weighted by Crippen LogP contribution is 2.25. The van der Waals surface area contributed by atoms with Crippen LogP contribution in [0.4, 0.5) is 0 Å². The summed E-state index contributed by atoms with van der Waals surface area (Å²) in [6.07, 6.45) is 6.90. The zero-order valence-electron chi connectivity index (χ0n) is 13.3. The van der Waals surface area contributed by atoms with E-state index in [1.54, 1.807) is 0 Å². The maximum Gasteiger partial charge on any atom is 0.226 e. The number of H-pyrrole nitrogens is 1. The summed E-state index contributed by atoms with van der Waals surface area (Å²) in [6.45, 7) is 5.89. The van der Waals surface area contributed by atoms with Gasteiger partial charge < -0.3 is 9.64 Å². The lowest BCUT2D eigenvalue weighted by atomic mass is 9.93. The third kappa shape index (κ3) is 3.21. The minimum Gasteiger partial charge on any atom is -0.367 e. The van der Waals surface area contributed by atoms with Gasteiger partial charge in [0.2, 0.25) is 5.91 Å². The first-order chi connectivity index (χ1) is 10.6. The maximum absolute atomic E-state index is 12.6. The van der Waals surface area contributed by atoms with E-state index in [1.165, 1.54) is 0 Å². The minimum absolute atomic E-state index is 0.129. The van der Waals surface area contributed by atoms with Crippen LogP contribution < -0.4 is 0 Å². The number of aromatic amines is 1. The fraction of sp³-hybridized carbons (Fsp3) is 0.688. The van der Waals surface area contributed by atoms with Crippen LogP contribution in [0.2, 0.25) is 0 Å². The van der Waals surface area contributed by atoms with Crippen LogP contribution in [0.25, 0.3) is 0 Å². The van der Waals surface area contributed by atoms with E-state index in [2.05, 4.69) is 41.2 Å². The average molecular weight is 304 g/mol. The number of hydrogen-bond acceptors (Lipinski definition) is 4. The van der Waals surface area contributed by atoms with Crippen LogP contribution in [0.1, 0.15) is 56.8 Å². The topological polar surface area (TPSA) is 71.1 Å². The molecule has 1 fully saturated rings. The molecule has 1 aliphatic heterocycles. The van der Waals surface area contributed by atoms with Crippen molar-refractivity contribution in [2.75, 3.05) is 19.7 Å². The lowest BCUT2D eigenvalue weighted by Gasteiger charge is -2.34. The normalized spacial score (nSPS) is 25.7. The highest BCUT2D eigenvalue weighted by atomic mass is 16.5. The molecular formula is C16H24N4O2. The Hall–Kier alpha value is -1.69. The fourth-order valence-electron chi connectivity index (χ4n) is 2.98. The Labute approximate surface area is 130 Å². The predicted molar refractivity (Wildman–Crippen MR) is 82.2 cm³/mol. The molecule has 1 aromatic rings. The van der Waals surface area contributed by atoms with Gasteiger partial charge in [-0.3, -0.25) is 9.89 Å². The zero-order chi connectivity index (χ0) is 15.5. The van der Waals surface area contributed by atoms with Crippen LogP contribution in [-0.4, -0.2) is 45.7 Å². The molecule has 2 aliphatic rings. The summed E-state index contributed by atoms with van der Waals surface area (Å²) in [4.78, 5) is 19.1. The smallest absolute Gasteiger partial charge is 0.226 e. The van der Waals surface area contributed by atoms with E-state index in [4.69, 9.17) is 4.74 Å².